The number of carbonyl (C=O) groups excluding carboxylic acids is 2. The second-order valence-electron chi connectivity index (χ2n) is 7.70. The summed E-state index contributed by atoms with van der Waals surface area (Å²) in [6.07, 6.45) is 6.39. The third kappa shape index (κ3) is 4.56. The third-order valence-electron chi connectivity index (χ3n) is 5.67. The molecule has 2 atom stereocenters. The van der Waals surface area contributed by atoms with Crippen molar-refractivity contribution < 1.29 is 28.2 Å². The first-order valence-electron chi connectivity index (χ1n) is 11.2. The van der Waals surface area contributed by atoms with Crippen LogP contribution in [0.3, 0.4) is 0 Å². The van der Waals surface area contributed by atoms with Gasteiger partial charge < -0.3 is 18.6 Å². The highest BCUT2D eigenvalue weighted by molar-refractivity contribution is 6.10. The van der Waals surface area contributed by atoms with Crippen molar-refractivity contribution in [3.05, 3.63) is 30.4 Å². The largest absolute Gasteiger partial charge is 0.460 e. The van der Waals surface area contributed by atoms with Crippen LogP contribution < -0.4 is 4.90 Å². The molecule has 1 N–H and O–H groups in total. The van der Waals surface area contributed by atoms with E-state index < -0.39 is 12.1 Å². The Morgan fingerprint density at radius 2 is 2.03 bits per heavy atom. The van der Waals surface area contributed by atoms with E-state index in [1.165, 1.54) is 11.1 Å². The molecule has 4 heterocycles. The molecular formula is C23H28N4O6. The lowest BCUT2D eigenvalue weighted by Crippen LogP contribution is -2.46. The van der Waals surface area contributed by atoms with E-state index >= 15 is 0 Å². The van der Waals surface area contributed by atoms with Crippen LogP contribution in [0.25, 0.3) is 22.2 Å². The summed E-state index contributed by atoms with van der Waals surface area (Å²) in [6.45, 7) is 6.37. The summed E-state index contributed by atoms with van der Waals surface area (Å²) in [5, 5.41) is 7.31. The number of ether oxygens (including phenoxy) is 3. The zero-order valence-corrected chi connectivity index (χ0v) is 19.0. The van der Waals surface area contributed by atoms with Crippen LogP contribution in [0.1, 0.15) is 50.6 Å². The van der Waals surface area contributed by atoms with Gasteiger partial charge in [0.15, 0.2) is 5.58 Å². The number of hydrogen-bond acceptors (Lipinski definition) is 8. The first-order chi connectivity index (χ1) is 16.1. The molecule has 10 nitrogen and oxygen atoms in total. The highest BCUT2D eigenvalue weighted by Gasteiger charge is 2.37. The monoisotopic (exact) mass is 456 g/mol. The summed E-state index contributed by atoms with van der Waals surface area (Å²) in [7, 11) is 0. The Morgan fingerprint density at radius 3 is 2.73 bits per heavy atom. The van der Waals surface area contributed by atoms with Gasteiger partial charge in [0.05, 0.1) is 37.4 Å². The molecule has 3 aromatic heterocycles. The summed E-state index contributed by atoms with van der Waals surface area (Å²) in [5.74, 6) is -0.701. The number of fused-ring (bicyclic) bond motifs is 1. The van der Waals surface area contributed by atoms with Crippen molar-refractivity contribution in [1.82, 2.24) is 15.2 Å². The number of nitrogens with zero attached hydrogens (tertiary/aromatic N) is 3. The van der Waals surface area contributed by atoms with Crippen molar-refractivity contribution in [2.45, 2.75) is 52.2 Å². The molecule has 0 bridgehead atoms. The van der Waals surface area contributed by atoms with Gasteiger partial charge in [-0.15, -0.1) is 0 Å². The second kappa shape index (κ2) is 10.0. The lowest BCUT2D eigenvalue weighted by atomic mass is 9.99. The number of furan rings is 1. The maximum Gasteiger partial charge on any atom is 0.414 e. The molecule has 0 saturated carbocycles. The second-order valence-corrected chi connectivity index (χ2v) is 7.70. The average Bonchev–Trinajstić information content (AvgIpc) is 3.48. The lowest BCUT2D eigenvalue weighted by molar-refractivity contribution is 0.00465. The minimum Gasteiger partial charge on any atom is -0.460 e. The average molecular weight is 456 g/mol. The number of pyridine rings is 1. The maximum atomic E-state index is 13.3. The van der Waals surface area contributed by atoms with Crippen LogP contribution >= 0.6 is 0 Å². The van der Waals surface area contributed by atoms with Gasteiger partial charge in [0.2, 0.25) is 5.76 Å². The first-order valence-corrected chi connectivity index (χ1v) is 11.2. The number of H-pyrrole nitrogens is 1. The normalized spacial score (nSPS) is 18.3. The summed E-state index contributed by atoms with van der Waals surface area (Å²) in [5.41, 5.74) is 2.09. The van der Waals surface area contributed by atoms with Gasteiger partial charge in [0.1, 0.15) is 5.69 Å². The Bertz CT molecular complexity index is 1110. The van der Waals surface area contributed by atoms with E-state index in [1.807, 2.05) is 6.92 Å². The molecular weight excluding hydrogens is 428 g/mol. The smallest absolute Gasteiger partial charge is 0.414 e. The van der Waals surface area contributed by atoms with Crippen molar-refractivity contribution in [1.29, 1.82) is 0 Å². The molecule has 3 aromatic rings. The third-order valence-corrected chi connectivity index (χ3v) is 5.67. The number of anilines is 1. The van der Waals surface area contributed by atoms with Crippen molar-refractivity contribution in [2.75, 3.05) is 24.7 Å². The van der Waals surface area contributed by atoms with E-state index in [0.717, 1.165) is 12.0 Å². The number of nitrogens with one attached hydrogen (secondary N) is 1. The highest BCUT2D eigenvalue weighted by Crippen LogP contribution is 2.39. The minimum absolute atomic E-state index is 0.00745. The van der Waals surface area contributed by atoms with Crippen molar-refractivity contribution in [3.8, 4) is 11.3 Å². The van der Waals surface area contributed by atoms with E-state index in [9.17, 15) is 9.59 Å². The van der Waals surface area contributed by atoms with E-state index in [4.69, 9.17) is 18.6 Å². The van der Waals surface area contributed by atoms with Crippen LogP contribution in [0, 0.1) is 0 Å². The van der Waals surface area contributed by atoms with Gasteiger partial charge in [-0.1, -0.05) is 6.92 Å². The number of hydrogen-bond donors (Lipinski definition) is 1. The molecule has 10 heteroatoms. The van der Waals surface area contributed by atoms with Crippen molar-refractivity contribution >= 4 is 28.7 Å². The van der Waals surface area contributed by atoms with Crippen LogP contribution in [0.2, 0.25) is 0 Å². The molecule has 0 spiro atoms. The molecule has 1 aliphatic heterocycles. The summed E-state index contributed by atoms with van der Waals surface area (Å²) < 4.78 is 22.4. The first kappa shape index (κ1) is 22.8. The zero-order chi connectivity index (χ0) is 23.4. The molecule has 176 valence electrons. The van der Waals surface area contributed by atoms with Gasteiger partial charge in [-0.25, -0.2) is 9.59 Å². The molecule has 33 heavy (non-hydrogen) atoms. The summed E-state index contributed by atoms with van der Waals surface area (Å²) in [4.78, 5) is 32.1. The number of esters is 1. The fourth-order valence-electron chi connectivity index (χ4n) is 4.11. The fourth-order valence-corrected chi connectivity index (χ4v) is 4.11. The topological polar surface area (TPSA) is 120 Å². The van der Waals surface area contributed by atoms with Gasteiger partial charge in [0.25, 0.3) is 0 Å². The number of carbonyl (C=O) groups is 2. The molecule has 1 unspecified atom stereocenters. The zero-order valence-electron chi connectivity index (χ0n) is 19.0. The molecule has 0 aromatic carbocycles. The van der Waals surface area contributed by atoms with Crippen molar-refractivity contribution in [3.63, 3.8) is 0 Å². The van der Waals surface area contributed by atoms with E-state index in [-0.39, 0.29) is 31.1 Å². The van der Waals surface area contributed by atoms with Crippen LogP contribution in [0.5, 0.6) is 0 Å². The molecule has 1 saturated heterocycles. The predicted molar refractivity (Wildman–Crippen MR) is 120 cm³/mol. The quantitative estimate of drug-likeness (QED) is 0.522. The molecule has 0 aliphatic carbocycles. The molecule has 1 fully saturated rings. The lowest BCUT2D eigenvalue weighted by Gasteiger charge is -2.36. The van der Waals surface area contributed by atoms with Gasteiger partial charge in [-0.2, -0.15) is 5.10 Å². The Balaban J connectivity index is 1.90. The SMILES string of the molecule is CCOC(=O)c1oc2cnc(-c3cn[nH]c3)cc2c1N(C(=O)OCC)C1CCO[C@@H](CC)C1. The van der Waals surface area contributed by atoms with Crippen LogP contribution in [0.4, 0.5) is 10.5 Å². The number of rotatable bonds is 7. The molecule has 4 rings (SSSR count). The molecule has 0 radical (unpaired) electrons. The number of aromatic amines is 1. The summed E-state index contributed by atoms with van der Waals surface area (Å²) in [6, 6.07) is 1.55. The Labute approximate surface area is 191 Å². The van der Waals surface area contributed by atoms with Gasteiger partial charge in [0, 0.05) is 29.8 Å². The van der Waals surface area contributed by atoms with Crippen molar-refractivity contribution in [2.24, 2.45) is 0 Å². The Morgan fingerprint density at radius 1 is 1.21 bits per heavy atom. The Hall–Kier alpha value is -3.40. The van der Waals surface area contributed by atoms with E-state index in [1.54, 1.807) is 32.3 Å². The Kier molecular flexibility index (Phi) is 6.93. The number of amides is 1. The van der Waals surface area contributed by atoms with Gasteiger partial charge in [-0.05, 0) is 39.2 Å². The predicted octanol–water partition coefficient (Wildman–Crippen LogP) is 4.32. The van der Waals surface area contributed by atoms with E-state index in [0.29, 0.717) is 41.8 Å². The molecule has 1 aliphatic rings. The highest BCUT2D eigenvalue weighted by atomic mass is 16.6. The van der Waals surface area contributed by atoms with Crippen LogP contribution in [0.15, 0.2) is 29.1 Å². The minimum atomic E-state index is -0.651. The van der Waals surface area contributed by atoms with Crippen LogP contribution in [-0.4, -0.2) is 59.2 Å². The van der Waals surface area contributed by atoms with Gasteiger partial charge >= 0.3 is 12.1 Å². The number of aromatic nitrogens is 3. The fraction of sp³-hybridized carbons (Fsp3) is 0.478. The van der Waals surface area contributed by atoms with E-state index in [2.05, 4.69) is 15.2 Å². The standard InChI is InChI=1S/C23H28N4O6/c1-4-16-9-15(7-8-32-16)27(23(29)31-6-3)20-17-10-18(14-11-25-26-12-14)24-13-19(17)33-21(20)22(28)30-5-2/h10-13,15-16H,4-9H2,1-3H3,(H,25,26)/t15?,16-/m0/s1. The van der Waals surface area contributed by atoms with Gasteiger partial charge in [-0.3, -0.25) is 15.0 Å². The summed E-state index contributed by atoms with van der Waals surface area (Å²) >= 11 is 0. The van der Waals surface area contributed by atoms with Crippen LogP contribution in [-0.2, 0) is 14.2 Å². The molecule has 1 amide bonds. The maximum absolute atomic E-state index is 13.3.